The summed E-state index contributed by atoms with van der Waals surface area (Å²) in [5.74, 6) is -0.802. The van der Waals surface area contributed by atoms with E-state index in [0.717, 1.165) is 0 Å². The van der Waals surface area contributed by atoms with Gasteiger partial charge in [0.1, 0.15) is 5.69 Å². The highest BCUT2D eigenvalue weighted by Crippen LogP contribution is 2.20. The van der Waals surface area contributed by atoms with Crippen LogP contribution in [0.4, 0.5) is 0 Å². The number of ether oxygens (including phenoxy) is 1. The molecule has 0 aliphatic heterocycles. The average molecular weight is 268 g/mol. The number of aromatic amines is 1. The third-order valence-corrected chi connectivity index (χ3v) is 2.95. The minimum atomic E-state index is -0.458. The first-order valence-corrected chi connectivity index (χ1v) is 6.17. The highest BCUT2D eigenvalue weighted by molar-refractivity contribution is 6.00. The van der Waals surface area contributed by atoms with Crippen LogP contribution in [-0.4, -0.2) is 41.7 Å². The topological polar surface area (TPSA) is 91.4 Å². The molecule has 1 rings (SSSR count). The molecule has 0 saturated heterocycles. The SMILES string of the molecule is CCc1[nH]c(C(=O)NC(C)CO)c(C)c1C(=O)OC. The van der Waals surface area contributed by atoms with Crippen LogP contribution >= 0.6 is 0 Å². The van der Waals surface area contributed by atoms with Crippen molar-refractivity contribution in [3.05, 3.63) is 22.5 Å². The smallest absolute Gasteiger partial charge is 0.339 e. The zero-order chi connectivity index (χ0) is 14.6. The van der Waals surface area contributed by atoms with Gasteiger partial charge >= 0.3 is 5.97 Å². The maximum absolute atomic E-state index is 12.0. The summed E-state index contributed by atoms with van der Waals surface area (Å²) in [4.78, 5) is 26.7. The molecule has 3 N–H and O–H groups in total. The van der Waals surface area contributed by atoms with Crippen LogP contribution in [0.15, 0.2) is 0 Å². The summed E-state index contributed by atoms with van der Waals surface area (Å²) >= 11 is 0. The van der Waals surface area contributed by atoms with Crippen molar-refractivity contribution in [1.82, 2.24) is 10.3 Å². The average Bonchev–Trinajstić information content (AvgIpc) is 2.74. The molecule has 0 fully saturated rings. The van der Waals surface area contributed by atoms with E-state index in [4.69, 9.17) is 9.84 Å². The molecule has 19 heavy (non-hydrogen) atoms. The number of nitrogens with one attached hydrogen (secondary N) is 2. The Morgan fingerprint density at radius 2 is 2.11 bits per heavy atom. The van der Waals surface area contributed by atoms with Crippen molar-refractivity contribution in [3.8, 4) is 0 Å². The first kappa shape index (κ1) is 15.2. The number of carbonyl (C=O) groups is 2. The van der Waals surface area contributed by atoms with E-state index in [1.807, 2.05) is 6.92 Å². The van der Waals surface area contributed by atoms with Crippen LogP contribution in [0.3, 0.4) is 0 Å². The summed E-state index contributed by atoms with van der Waals surface area (Å²) < 4.78 is 4.72. The molecule has 1 aromatic heterocycles. The summed E-state index contributed by atoms with van der Waals surface area (Å²) in [6.45, 7) is 5.13. The molecule has 1 aromatic rings. The van der Waals surface area contributed by atoms with Crippen molar-refractivity contribution >= 4 is 11.9 Å². The summed E-state index contributed by atoms with van der Waals surface area (Å²) in [6.07, 6.45) is 0.591. The highest BCUT2D eigenvalue weighted by atomic mass is 16.5. The summed E-state index contributed by atoms with van der Waals surface area (Å²) in [6, 6.07) is -0.346. The molecule has 0 radical (unpaired) electrons. The molecular weight excluding hydrogens is 248 g/mol. The fourth-order valence-electron chi connectivity index (χ4n) is 1.87. The summed E-state index contributed by atoms with van der Waals surface area (Å²) in [5, 5.41) is 11.6. The van der Waals surface area contributed by atoms with Gasteiger partial charge in [0.2, 0.25) is 0 Å². The van der Waals surface area contributed by atoms with E-state index in [9.17, 15) is 9.59 Å². The van der Waals surface area contributed by atoms with Gasteiger partial charge < -0.3 is 20.1 Å². The predicted octanol–water partition coefficient (Wildman–Crippen LogP) is 0.783. The Bertz CT molecular complexity index is 479. The Morgan fingerprint density at radius 1 is 1.47 bits per heavy atom. The van der Waals surface area contributed by atoms with Crippen LogP contribution in [0, 0.1) is 6.92 Å². The molecule has 106 valence electrons. The minimum Gasteiger partial charge on any atom is -0.465 e. The Balaban J connectivity index is 3.13. The summed E-state index contributed by atoms with van der Waals surface area (Å²) in [5.41, 5.74) is 1.97. The lowest BCUT2D eigenvalue weighted by Crippen LogP contribution is -2.35. The van der Waals surface area contributed by atoms with Gasteiger partial charge in [-0.2, -0.15) is 0 Å². The van der Waals surface area contributed by atoms with Crippen molar-refractivity contribution in [1.29, 1.82) is 0 Å². The normalized spacial score (nSPS) is 12.1. The van der Waals surface area contributed by atoms with Gasteiger partial charge in [-0.1, -0.05) is 6.92 Å². The molecule has 1 amide bonds. The van der Waals surface area contributed by atoms with E-state index >= 15 is 0 Å². The van der Waals surface area contributed by atoms with Crippen molar-refractivity contribution in [2.75, 3.05) is 13.7 Å². The first-order valence-electron chi connectivity index (χ1n) is 6.17. The monoisotopic (exact) mass is 268 g/mol. The molecule has 0 aliphatic carbocycles. The second-order valence-electron chi connectivity index (χ2n) is 4.38. The molecule has 1 atom stereocenters. The zero-order valence-electron chi connectivity index (χ0n) is 11.7. The second kappa shape index (κ2) is 6.38. The van der Waals surface area contributed by atoms with Crippen LogP contribution < -0.4 is 5.32 Å². The molecule has 1 heterocycles. The Kier molecular flexibility index (Phi) is 5.11. The fourth-order valence-corrected chi connectivity index (χ4v) is 1.87. The van der Waals surface area contributed by atoms with Gasteiger partial charge in [0.15, 0.2) is 0 Å². The quantitative estimate of drug-likeness (QED) is 0.688. The lowest BCUT2D eigenvalue weighted by atomic mass is 10.1. The number of H-pyrrole nitrogens is 1. The van der Waals surface area contributed by atoms with Crippen LogP contribution in [0.5, 0.6) is 0 Å². The third-order valence-electron chi connectivity index (χ3n) is 2.95. The fraction of sp³-hybridized carbons (Fsp3) is 0.538. The number of esters is 1. The second-order valence-corrected chi connectivity index (χ2v) is 4.38. The molecule has 6 nitrogen and oxygen atoms in total. The molecule has 0 aromatic carbocycles. The lowest BCUT2D eigenvalue weighted by molar-refractivity contribution is 0.0599. The van der Waals surface area contributed by atoms with Gasteiger partial charge in [0.25, 0.3) is 5.91 Å². The van der Waals surface area contributed by atoms with E-state index in [0.29, 0.717) is 28.9 Å². The molecule has 0 saturated carbocycles. The first-order chi connectivity index (χ1) is 8.96. The largest absolute Gasteiger partial charge is 0.465 e. The molecule has 0 aliphatic rings. The summed E-state index contributed by atoms with van der Waals surface area (Å²) in [7, 11) is 1.31. The maximum atomic E-state index is 12.0. The number of rotatable bonds is 5. The van der Waals surface area contributed by atoms with Crippen LogP contribution in [0.25, 0.3) is 0 Å². The van der Waals surface area contributed by atoms with Gasteiger partial charge in [-0.3, -0.25) is 4.79 Å². The lowest BCUT2D eigenvalue weighted by Gasteiger charge is -2.10. The molecule has 0 spiro atoms. The molecule has 0 bridgehead atoms. The van der Waals surface area contributed by atoms with E-state index in [2.05, 4.69) is 10.3 Å². The third kappa shape index (κ3) is 3.14. The zero-order valence-corrected chi connectivity index (χ0v) is 11.7. The highest BCUT2D eigenvalue weighted by Gasteiger charge is 2.23. The van der Waals surface area contributed by atoms with E-state index < -0.39 is 5.97 Å². The van der Waals surface area contributed by atoms with Gasteiger partial charge in [-0.05, 0) is 25.8 Å². The van der Waals surface area contributed by atoms with E-state index in [1.54, 1.807) is 13.8 Å². The van der Waals surface area contributed by atoms with E-state index in [-0.39, 0.29) is 18.6 Å². The Morgan fingerprint density at radius 3 is 2.58 bits per heavy atom. The van der Waals surface area contributed by atoms with Gasteiger partial charge in [0, 0.05) is 11.7 Å². The number of aryl methyl sites for hydroxylation is 1. The van der Waals surface area contributed by atoms with Crippen LogP contribution in [0.2, 0.25) is 0 Å². The number of hydrogen-bond acceptors (Lipinski definition) is 4. The number of aliphatic hydroxyl groups is 1. The number of aromatic nitrogens is 1. The Hall–Kier alpha value is -1.82. The van der Waals surface area contributed by atoms with Crippen LogP contribution in [0.1, 0.15) is 46.0 Å². The van der Waals surface area contributed by atoms with Gasteiger partial charge in [0.05, 0.1) is 19.3 Å². The number of carbonyl (C=O) groups excluding carboxylic acids is 2. The van der Waals surface area contributed by atoms with Crippen molar-refractivity contribution in [2.24, 2.45) is 0 Å². The number of amides is 1. The van der Waals surface area contributed by atoms with Gasteiger partial charge in [-0.25, -0.2) is 4.79 Å². The Labute approximate surface area is 112 Å². The number of hydrogen-bond donors (Lipinski definition) is 3. The van der Waals surface area contributed by atoms with Gasteiger partial charge in [-0.15, -0.1) is 0 Å². The molecule has 1 unspecified atom stereocenters. The standard InChI is InChI=1S/C13H20N2O4/c1-5-9-10(13(18)19-4)8(3)11(15-9)12(17)14-7(2)6-16/h7,15-16H,5-6H2,1-4H3,(H,14,17). The van der Waals surface area contributed by atoms with Crippen molar-refractivity contribution in [2.45, 2.75) is 33.2 Å². The minimum absolute atomic E-state index is 0.143. The van der Waals surface area contributed by atoms with E-state index in [1.165, 1.54) is 7.11 Å². The van der Waals surface area contributed by atoms with Crippen molar-refractivity contribution < 1.29 is 19.4 Å². The van der Waals surface area contributed by atoms with Crippen LogP contribution in [-0.2, 0) is 11.2 Å². The van der Waals surface area contributed by atoms with Crippen molar-refractivity contribution in [3.63, 3.8) is 0 Å². The number of methoxy groups -OCH3 is 1. The maximum Gasteiger partial charge on any atom is 0.339 e. The predicted molar refractivity (Wildman–Crippen MR) is 70.3 cm³/mol. The molecular formula is C13H20N2O4. The number of aliphatic hydroxyl groups excluding tert-OH is 1. The molecule has 6 heteroatoms.